The zero-order chi connectivity index (χ0) is 19.9. The van der Waals surface area contributed by atoms with Crippen LogP contribution in [0, 0.1) is 0 Å². The van der Waals surface area contributed by atoms with Crippen LogP contribution in [-0.2, 0) is 9.53 Å². The van der Waals surface area contributed by atoms with Crippen LogP contribution < -0.4 is 0 Å². The first-order valence-electron chi connectivity index (χ1n) is 8.71. The molecule has 0 bridgehead atoms. The molecule has 138 valence electrons. The molecule has 3 aromatic rings. The number of hydrogen-bond donors (Lipinski definition) is 0. The first-order valence-corrected chi connectivity index (χ1v) is 8.71. The van der Waals surface area contributed by atoms with Gasteiger partial charge in [-0.1, -0.05) is 91.0 Å². The molecule has 0 aliphatic carbocycles. The van der Waals surface area contributed by atoms with Crippen LogP contribution in [0.1, 0.15) is 26.3 Å². The molecule has 4 heteroatoms. The van der Waals surface area contributed by atoms with Gasteiger partial charge in [0.25, 0.3) is 0 Å². The Kier molecular flexibility index (Phi) is 5.92. The molecule has 0 aromatic heterocycles. The molecule has 28 heavy (non-hydrogen) atoms. The molecule has 3 aromatic carbocycles. The Labute approximate surface area is 163 Å². The predicted octanol–water partition coefficient (Wildman–Crippen LogP) is 4.38. The molecule has 0 saturated carbocycles. The van der Waals surface area contributed by atoms with E-state index in [-0.39, 0.29) is 11.1 Å². The van der Waals surface area contributed by atoms with E-state index >= 15 is 0 Å². The molecule has 0 spiro atoms. The molecule has 0 N–H and O–H groups in total. The smallest absolute Gasteiger partial charge is 0.342 e. The second-order valence-electron chi connectivity index (χ2n) is 6.00. The maximum Gasteiger partial charge on any atom is 0.342 e. The molecule has 0 heterocycles. The minimum absolute atomic E-state index is 0.0208. The number of carbonyl (C=O) groups excluding carboxylic acids is 3. The molecule has 0 radical (unpaired) electrons. The Morgan fingerprint density at radius 2 is 0.964 bits per heavy atom. The van der Waals surface area contributed by atoms with E-state index in [2.05, 4.69) is 0 Å². The van der Waals surface area contributed by atoms with Gasteiger partial charge in [0.1, 0.15) is 5.57 Å². The monoisotopic (exact) mass is 370 g/mol. The van der Waals surface area contributed by atoms with E-state index in [9.17, 15) is 14.4 Å². The molecular formula is C24H18O4. The molecule has 0 unspecified atom stereocenters. The SMILES string of the molecule is COC(=O)/C(C(=O)c1ccccc1)=C(/C(=O)c1ccccc1)c1ccccc1. The fourth-order valence-electron chi connectivity index (χ4n) is 2.87. The van der Waals surface area contributed by atoms with Gasteiger partial charge in [0, 0.05) is 16.7 Å². The first kappa shape index (κ1) is 19.0. The van der Waals surface area contributed by atoms with Crippen molar-refractivity contribution < 1.29 is 19.1 Å². The lowest BCUT2D eigenvalue weighted by Gasteiger charge is -2.13. The summed E-state index contributed by atoms with van der Waals surface area (Å²) in [6, 6.07) is 25.6. The van der Waals surface area contributed by atoms with Crippen molar-refractivity contribution in [2.75, 3.05) is 7.11 Å². The van der Waals surface area contributed by atoms with Crippen LogP contribution in [0.15, 0.2) is 96.6 Å². The molecule has 0 aliphatic heterocycles. The van der Waals surface area contributed by atoms with Crippen LogP contribution in [0.25, 0.3) is 5.57 Å². The van der Waals surface area contributed by atoms with Crippen LogP contribution >= 0.6 is 0 Å². The lowest BCUT2D eigenvalue weighted by Crippen LogP contribution is -2.20. The second kappa shape index (κ2) is 8.73. The van der Waals surface area contributed by atoms with Gasteiger partial charge in [-0.25, -0.2) is 4.79 Å². The van der Waals surface area contributed by atoms with E-state index in [0.29, 0.717) is 16.7 Å². The van der Waals surface area contributed by atoms with Gasteiger partial charge in [-0.2, -0.15) is 0 Å². The number of ether oxygens (including phenoxy) is 1. The Morgan fingerprint density at radius 3 is 1.39 bits per heavy atom. The molecule has 0 atom stereocenters. The normalized spacial score (nSPS) is 11.3. The highest BCUT2D eigenvalue weighted by molar-refractivity contribution is 6.41. The van der Waals surface area contributed by atoms with Gasteiger partial charge in [-0.3, -0.25) is 9.59 Å². The summed E-state index contributed by atoms with van der Waals surface area (Å²) in [7, 11) is 1.19. The maximum absolute atomic E-state index is 13.3. The van der Waals surface area contributed by atoms with Crippen molar-refractivity contribution in [3.8, 4) is 0 Å². The van der Waals surface area contributed by atoms with Crippen molar-refractivity contribution in [2.45, 2.75) is 0 Å². The average Bonchev–Trinajstić information content (AvgIpc) is 2.78. The van der Waals surface area contributed by atoms with Crippen LogP contribution in [-0.4, -0.2) is 24.6 Å². The molecule has 0 aliphatic rings. The molecule has 0 amide bonds. The highest BCUT2D eigenvalue weighted by Gasteiger charge is 2.30. The summed E-state index contributed by atoms with van der Waals surface area (Å²) in [5.74, 6) is -1.83. The summed E-state index contributed by atoms with van der Waals surface area (Å²) in [5, 5.41) is 0. The fourth-order valence-corrected chi connectivity index (χ4v) is 2.87. The Balaban J connectivity index is 2.29. The zero-order valence-corrected chi connectivity index (χ0v) is 15.3. The van der Waals surface area contributed by atoms with Gasteiger partial charge in [0.05, 0.1) is 7.11 Å². The van der Waals surface area contributed by atoms with E-state index < -0.39 is 17.5 Å². The number of rotatable bonds is 6. The zero-order valence-electron chi connectivity index (χ0n) is 15.3. The first-order chi connectivity index (χ1) is 13.6. The van der Waals surface area contributed by atoms with Crippen molar-refractivity contribution in [3.63, 3.8) is 0 Å². The number of esters is 1. The summed E-state index contributed by atoms with van der Waals surface area (Å²) in [6.07, 6.45) is 0. The fraction of sp³-hybridized carbons (Fsp3) is 0.0417. The van der Waals surface area contributed by atoms with E-state index in [0.717, 1.165) is 0 Å². The maximum atomic E-state index is 13.3. The number of methoxy groups -OCH3 is 1. The number of hydrogen-bond acceptors (Lipinski definition) is 4. The Bertz CT molecular complexity index is 1020. The predicted molar refractivity (Wildman–Crippen MR) is 107 cm³/mol. The number of Topliss-reactive ketones (excluding diaryl/α,β-unsaturated/α-hetero) is 2. The number of ketones is 2. The lowest BCUT2D eigenvalue weighted by molar-refractivity contribution is -0.135. The third-order valence-corrected chi connectivity index (χ3v) is 4.23. The van der Waals surface area contributed by atoms with Gasteiger partial charge in [-0.15, -0.1) is 0 Å². The summed E-state index contributed by atoms with van der Waals surface area (Å²) in [5.41, 5.74) is 0.892. The van der Waals surface area contributed by atoms with Crippen molar-refractivity contribution in [1.82, 2.24) is 0 Å². The van der Waals surface area contributed by atoms with E-state index in [4.69, 9.17) is 4.74 Å². The summed E-state index contributed by atoms with van der Waals surface area (Å²) < 4.78 is 4.87. The largest absolute Gasteiger partial charge is 0.465 e. The van der Waals surface area contributed by atoms with Gasteiger partial charge in [0.2, 0.25) is 5.78 Å². The van der Waals surface area contributed by atoms with Crippen LogP contribution in [0.5, 0.6) is 0 Å². The van der Waals surface area contributed by atoms with Crippen molar-refractivity contribution in [3.05, 3.63) is 113 Å². The average molecular weight is 370 g/mol. The van der Waals surface area contributed by atoms with Gasteiger partial charge < -0.3 is 4.74 Å². The quantitative estimate of drug-likeness (QED) is 0.212. The minimum Gasteiger partial charge on any atom is -0.465 e. The highest BCUT2D eigenvalue weighted by atomic mass is 16.5. The molecule has 0 fully saturated rings. The Hall–Kier alpha value is -3.79. The topological polar surface area (TPSA) is 60.4 Å². The highest BCUT2D eigenvalue weighted by Crippen LogP contribution is 2.27. The molecule has 0 saturated heterocycles. The second-order valence-corrected chi connectivity index (χ2v) is 6.00. The summed E-state index contributed by atoms with van der Waals surface area (Å²) in [4.78, 5) is 39.1. The summed E-state index contributed by atoms with van der Waals surface area (Å²) in [6.45, 7) is 0. The van der Waals surface area contributed by atoms with E-state index in [1.54, 1.807) is 91.0 Å². The molecule has 3 rings (SSSR count). The molecule has 4 nitrogen and oxygen atoms in total. The standard InChI is InChI=1S/C24H18O4/c1-28-24(27)21(23(26)19-15-9-4-10-16-19)20(17-11-5-2-6-12-17)22(25)18-13-7-3-8-14-18/h2-16H,1H3/b21-20+. The van der Waals surface area contributed by atoms with Crippen LogP contribution in [0.4, 0.5) is 0 Å². The third kappa shape index (κ3) is 3.96. The van der Waals surface area contributed by atoms with Gasteiger partial charge >= 0.3 is 5.97 Å². The molecular weight excluding hydrogens is 352 g/mol. The number of benzene rings is 3. The van der Waals surface area contributed by atoms with Gasteiger partial charge in [-0.05, 0) is 5.56 Å². The van der Waals surface area contributed by atoms with Crippen molar-refractivity contribution in [2.24, 2.45) is 0 Å². The number of allylic oxidation sites excluding steroid dienone is 1. The van der Waals surface area contributed by atoms with E-state index in [1.807, 2.05) is 0 Å². The van der Waals surface area contributed by atoms with Crippen molar-refractivity contribution in [1.29, 1.82) is 0 Å². The van der Waals surface area contributed by atoms with Crippen LogP contribution in [0.3, 0.4) is 0 Å². The number of carbonyl (C=O) groups is 3. The van der Waals surface area contributed by atoms with Gasteiger partial charge in [0.15, 0.2) is 5.78 Å². The van der Waals surface area contributed by atoms with Crippen LogP contribution in [0.2, 0.25) is 0 Å². The Morgan fingerprint density at radius 1 is 0.571 bits per heavy atom. The summed E-state index contributed by atoms with van der Waals surface area (Å²) >= 11 is 0. The van der Waals surface area contributed by atoms with Crippen molar-refractivity contribution >= 4 is 23.1 Å². The lowest BCUT2D eigenvalue weighted by atomic mass is 9.88. The minimum atomic E-state index is -0.850. The van der Waals surface area contributed by atoms with E-state index in [1.165, 1.54) is 7.11 Å². The third-order valence-electron chi connectivity index (χ3n) is 4.23.